The summed E-state index contributed by atoms with van der Waals surface area (Å²) in [7, 11) is 0. The normalized spacial score (nSPS) is 11.1. The van der Waals surface area contributed by atoms with Gasteiger partial charge in [-0.05, 0) is 80.3 Å². The number of benzene rings is 3. The monoisotopic (exact) mass is 400 g/mol. The Bertz CT molecular complexity index is 1180. The average Bonchev–Trinajstić information content (AvgIpc) is 3.09. The van der Waals surface area contributed by atoms with Crippen molar-refractivity contribution >= 4 is 11.0 Å². The van der Waals surface area contributed by atoms with Crippen molar-refractivity contribution in [3.05, 3.63) is 88.7 Å². The third kappa shape index (κ3) is 4.33. The Kier molecular flexibility index (Phi) is 5.75. The van der Waals surface area contributed by atoms with Gasteiger partial charge >= 0.3 is 0 Å². The summed E-state index contributed by atoms with van der Waals surface area (Å²) in [6.07, 6.45) is 0. The van der Waals surface area contributed by atoms with Crippen molar-refractivity contribution in [2.75, 3.05) is 6.61 Å². The zero-order chi connectivity index (χ0) is 21.1. The van der Waals surface area contributed by atoms with Gasteiger partial charge in [0.15, 0.2) is 0 Å². The molecule has 0 amide bonds. The van der Waals surface area contributed by atoms with Crippen molar-refractivity contribution in [2.45, 2.75) is 40.8 Å². The van der Waals surface area contributed by atoms with E-state index in [-0.39, 0.29) is 0 Å². The first-order valence-electron chi connectivity index (χ1n) is 10.4. The van der Waals surface area contributed by atoms with Crippen LogP contribution in [0.25, 0.3) is 11.0 Å². The van der Waals surface area contributed by atoms with Gasteiger partial charge in [-0.2, -0.15) is 0 Å². The highest BCUT2D eigenvalue weighted by Gasteiger charge is 2.12. The molecule has 0 N–H and O–H groups in total. The molecule has 0 fully saturated rings. The van der Waals surface area contributed by atoms with Crippen molar-refractivity contribution in [2.24, 2.45) is 0 Å². The SMILES string of the molecule is Cc1ccc(C)c(OCc2nc3ccccc3n2CCOc2ccc(C)c(C)c2)c1. The Balaban J connectivity index is 1.52. The molecule has 1 aromatic heterocycles. The van der Waals surface area contributed by atoms with Crippen molar-refractivity contribution in [1.29, 1.82) is 0 Å². The largest absolute Gasteiger partial charge is 0.492 e. The van der Waals surface area contributed by atoms with Crippen LogP contribution < -0.4 is 9.47 Å². The summed E-state index contributed by atoms with van der Waals surface area (Å²) in [5.74, 6) is 2.71. The molecule has 154 valence electrons. The van der Waals surface area contributed by atoms with Crippen LogP contribution in [0.3, 0.4) is 0 Å². The van der Waals surface area contributed by atoms with Gasteiger partial charge in [0.05, 0.1) is 17.6 Å². The van der Waals surface area contributed by atoms with E-state index in [4.69, 9.17) is 14.5 Å². The van der Waals surface area contributed by atoms with Crippen molar-refractivity contribution < 1.29 is 9.47 Å². The predicted octanol–water partition coefficient (Wildman–Crippen LogP) is 5.93. The molecule has 0 bridgehead atoms. The van der Waals surface area contributed by atoms with Crippen LogP contribution in [0, 0.1) is 27.7 Å². The summed E-state index contributed by atoms with van der Waals surface area (Å²) in [5, 5.41) is 0. The molecule has 4 rings (SSSR count). The minimum absolute atomic E-state index is 0.419. The summed E-state index contributed by atoms with van der Waals surface area (Å²) >= 11 is 0. The van der Waals surface area contributed by atoms with E-state index in [1.807, 2.05) is 24.3 Å². The topological polar surface area (TPSA) is 36.3 Å². The molecule has 1 heterocycles. The fourth-order valence-corrected chi connectivity index (χ4v) is 3.55. The molecular weight excluding hydrogens is 372 g/mol. The van der Waals surface area contributed by atoms with Crippen LogP contribution in [0.5, 0.6) is 11.5 Å². The quantitative estimate of drug-likeness (QED) is 0.386. The van der Waals surface area contributed by atoms with Crippen molar-refractivity contribution in [3.63, 3.8) is 0 Å². The number of aromatic nitrogens is 2. The molecule has 0 aliphatic carbocycles. The van der Waals surface area contributed by atoms with Crippen LogP contribution in [0.15, 0.2) is 60.7 Å². The smallest absolute Gasteiger partial charge is 0.148 e. The van der Waals surface area contributed by atoms with Gasteiger partial charge in [-0.3, -0.25) is 0 Å². The second-order valence-corrected chi connectivity index (χ2v) is 7.82. The number of aryl methyl sites for hydroxylation is 4. The number of imidazole rings is 1. The lowest BCUT2D eigenvalue weighted by Crippen LogP contribution is -2.13. The van der Waals surface area contributed by atoms with E-state index < -0.39 is 0 Å². The Morgan fingerprint density at radius 1 is 0.800 bits per heavy atom. The third-order valence-electron chi connectivity index (χ3n) is 5.50. The van der Waals surface area contributed by atoms with Gasteiger partial charge in [0.25, 0.3) is 0 Å². The van der Waals surface area contributed by atoms with Gasteiger partial charge in [0, 0.05) is 0 Å². The Labute approximate surface area is 178 Å². The van der Waals surface area contributed by atoms with E-state index in [2.05, 4.69) is 68.7 Å². The molecule has 0 radical (unpaired) electrons. The van der Waals surface area contributed by atoms with E-state index in [0.29, 0.717) is 19.8 Å². The number of para-hydroxylation sites is 2. The third-order valence-corrected chi connectivity index (χ3v) is 5.50. The standard InChI is InChI=1S/C26H28N2O2/c1-18-9-10-20(3)25(15-18)30-17-26-27-23-7-5-6-8-24(23)28(26)13-14-29-22-12-11-19(2)21(4)16-22/h5-12,15-16H,13-14,17H2,1-4H3. The summed E-state index contributed by atoms with van der Waals surface area (Å²) in [5.41, 5.74) is 6.90. The number of hydrogen-bond donors (Lipinski definition) is 0. The van der Waals surface area contributed by atoms with Crippen LogP contribution >= 0.6 is 0 Å². The molecule has 4 aromatic rings. The van der Waals surface area contributed by atoms with Gasteiger partial charge in [-0.1, -0.05) is 30.3 Å². The molecule has 0 spiro atoms. The summed E-state index contributed by atoms with van der Waals surface area (Å²) in [4.78, 5) is 4.81. The summed E-state index contributed by atoms with van der Waals surface area (Å²) in [6, 6.07) is 20.7. The van der Waals surface area contributed by atoms with Gasteiger partial charge in [0.1, 0.15) is 30.5 Å². The predicted molar refractivity (Wildman–Crippen MR) is 121 cm³/mol. The highest BCUT2D eigenvalue weighted by Crippen LogP contribution is 2.22. The second kappa shape index (κ2) is 8.62. The fourth-order valence-electron chi connectivity index (χ4n) is 3.55. The molecule has 0 atom stereocenters. The Hall–Kier alpha value is -3.27. The average molecular weight is 401 g/mol. The molecule has 4 nitrogen and oxygen atoms in total. The minimum Gasteiger partial charge on any atom is -0.492 e. The first kappa shape index (κ1) is 20.0. The Morgan fingerprint density at radius 3 is 2.43 bits per heavy atom. The number of hydrogen-bond acceptors (Lipinski definition) is 3. The molecule has 0 saturated heterocycles. The number of rotatable bonds is 7. The molecule has 30 heavy (non-hydrogen) atoms. The maximum absolute atomic E-state index is 6.14. The van der Waals surface area contributed by atoms with Crippen LogP contribution in [0.2, 0.25) is 0 Å². The lowest BCUT2D eigenvalue weighted by Gasteiger charge is -2.13. The van der Waals surface area contributed by atoms with Crippen LogP contribution in [0.4, 0.5) is 0 Å². The highest BCUT2D eigenvalue weighted by molar-refractivity contribution is 5.75. The fraction of sp³-hybridized carbons (Fsp3) is 0.269. The zero-order valence-electron chi connectivity index (χ0n) is 18.1. The highest BCUT2D eigenvalue weighted by atomic mass is 16.5. The molecule has 0 saturated carbocycles. The molecule has 0 aliphatic heterocycles. The maximum atomic E-state index is 6.14. The van der Waals surface area contributed by atoms with Crippen molar-refractivity contribution in [3.8, 4) is 11.5 Å². The van der Waals surface area contributed by atoms with E-state index in [1.54, 1.807) is 0 Å². The van der Waals surface area contributed by atoms with Crippen molar-refractivity contribution in [1.82, 2.24) is 9.55 Å². The van der Waals surface area contributed by atoms with E-state index in [9.17, 15) is 0 Å². The Morgan fingerprint density at radius 2 is 1.60 bits per heavy atom. The van der Waals surface area contributed by atoms with E-state index in [0.717, 1.165) is 33.9 Å². The number of nitrogens with zero attached hydrogens (tertiary/aromatic N) is 2. The first-order chi connectivity index (χ1) is 14.5. The van der Waals surface area contributed by atoms with Gasteiger partial charge in [-0.25, -0.2) is 4.98 Å². The minimum atomic E-state index is 0.419. The van der Waals surface area contributed by atoms with Crippen LogP contribution in [0.1, 0.15) is 28.1 Å². The van der Waals surface area contributed by atoms with Gasteiger partial charge < -0.3 is 14.0 Å². The molecule has 4 heteroatoms. The molecular formula is C26H28N2O2. The lowest BCUT2D eigenvalue weighted by atomic mass is 10.1. The molecule has 0 unspecified atom stereocenters. The molecule has 3 aromatic carbocycles. The van der Waals surface area contributed by atoms with Gasteiger partial charge in [0.2, 0.25) is 0 Å². The van der Waals surface area contributed by atoms with Gasteiger partial charge in [-0.15, -0.1) is 0 Å². The van der Waals surface area contributed by atoms with Crippen LogP contribution in [-0.2, 0) is 13.2 Å². The zero-order valence-corrected chi connectivity index (χ0v) is 18.1. The first-order valence-corrected chi connectivity index (χ1v) is 10.4. The number of fused-ring (bicyclic) bond motifs is 1. The van der Waals surface area contributed by atoms with E-state index in [1.165, 1.54) is 16.7 Å². The number of ether oxygens (including phenoxy) is 2. The van der Waals surface area contributed by atoms with Crippen LogP contribution in [-0.4, -0.2) is 16.2 Å². The molecule has 0 aliphatic rings. The van der Waals surface area contributed by atoms with E-state index >= 15 is 0 Å². The second-order valence-electron chi connectivity index (χ2n) is 7.82. The maximum Gasteiger partial charge on any atom is 0.148 e. The summed E-state index contributed by atoms with van der Waals surface area (Å²) in [6.45, 7) is 10.1. The summed E-state index contributed by atoms with van der Waals surface area (Å²) < 4.78 is 14.4. The lowest BCUT2D eigenvalue weighted by molar-refractivity contribution is 0.271.